The van der Waals surface area contributed by atoms with Crippen LogP contribution in [0, 0.1) is 0 Å². The highest BCUT2D eigenvalue weighted by molar-refractivity contribution is 7.99. The summed E-state index contributed by atoms with van der Waals surface area (Å²) in [6, 6.07) is 9.79. The lowest BCUT2D eigenvalue weighted by Gasteiger charge is -2.28. The zero-order chi connectivity index (χ0) is 15.7. The molecule has 0 bridgehead atoms. The molecule has 0 saturated carbocycles. The van der Waals surface area contributed by atoms with Crippen LogP contribution in [0.5, 0.6) is 0 Å². The van der Waals surface area contributed by atoms with E-state index in [1.165, 1.54) is 16.7 Å². The number of para-hydroxylation sites is 1. The predicted octanol–water partition coefficient (Wildman–Crippen LogP) is 3.06. The average Bonchev–Trinajstić information content (AvgIpc) is 2.64. The van der Waals surface area contributed by atoms with E-state index < -0.39 is 12.0 Å². The van der Waals surface area contributed by atoms with Crippen molar-refractivity contribution in [2.75, 3.05) is 4.90 Å². The van der Waals surface area contributed by atoms with E-state index in [1.54, 1.807) is 37.4 Å². The Bertz CT molecular complexity index is 748. The van der Waals surface area contributed by atoms with Gasteiger partial charge in [-0.2, -0.15) is 0 Å². The molecule has 5 nitrogen and oxygen atoms in total. The molecule has 1 aromatic heterocycles. The molecule has 22 heavy (non-hydrogen) atoms. The Kier molecular flexibility index (Phi) is 3.85. The minimum Gasteiger partial charge on any atom is -0.480 e. The number of aliphatic carboxylic acids is 1. The summed E-state index contributed by atoms with van der Waals surface area (Å²) in [5, 5.41) is 10.1. The van der Waals surface area contributed by atoms with E-state index in [-0.39, 0.29) is 5.91 Å². The van der Waals surface area contributed by atoms with Gasteiger partial charge in [-0.1, -0.05) is 30.8 Å². The Morgan fingerprint density at radius 2 is 2.09 bits per heavy atom. The smallest absolute Gasteiger partial charge is 0.326 e. The normalized spacial score (nSPS) is 14.8. The molecule has 1 aliphatic heterocycles. The second-order valence-electron chi connectivity index (χ2n) is 4.86. The Hall–Kier alpha value is -2.34. The number of benzene rings is 1. The first kappa shape index (κ1) is 14.6. The molecule has 2 heterocycles. The first-order chi connectivity index (χ1) is 10.6. The molecule has 1 N–H and O–H groups in total. The van der Waals surface area contributed by atoms with Crippen molar-refractivity contribution < 1.29 is 14.7 Å². The lowest BCUT2D eigenvalue weighted by atomic mass is 10.1. The standard InChI is InChI=1S/C16H14N2O3S/c1-2-11(16(20)21)18-12-7-3-4-8-13(12)22-14-10(15(18)19)6-5-9-17-14/h3-9,11H,2H2,1H3,(H,20,21). The third-order valence-electron chi connectivity index (χ3n) is 3.54. The molecule has 1 unspecified atom stereocenters. The molecular weight excluding hydrogens is 300 g/mol. The van der Waals surface area contributed by atoms with Gasteiger partial charge in [0.25, 0.3) is 5.91 Å². The number of carbonyl (C=O) groups is 2. The maximum absolute atomic E-state index is 12.9. The quantitative estimate of drug-likeness (QED) is 0.943. The number of hydrogen-bond acceptors (Lipinski definition) is 4. The predicted molar refractivity (Wildman–Crippen MR) is 83.3 cm³/mol. The molecule has 1 amide bonds. The zero-order valence-corrected chi connectivity index (χ0v) is 12.7. The highest BCUT2D eigenvalue weighted by Gasteiger charge is 2.35. The van der Waals surface area contributed by atoms with E-state index >= 15 is 0 Å². The fourth-order valence-electron chi connectivity index (χ4n) is 2.50. The van der Waals surface area contributed by atoms with Crippen LogP contribution < -0.4 is 4.90 Å². The molecule has 1 aromatic carbocycles. The number of carboxylic acid groups (broad SMARTS) is 1. The van der Waals surface area contributed by atoms with Gasteiger partial charge in [0.2, 0.25) is 0 Å². The first-order valence-corrected chi connectivity index (χ1v) is 7.73. The van der Waals surface area contributed by atoms with Gasteiger partial charge in [0, 0.05) is 11.1 Å². The van der Waals surface area contributed by atoms with Crippen LogP contribution in [0.4, 0.5) is 5.69 Å². The second kappa shape index (κ2) is 5.81. The molecule has 6 heteroatoms. The molecule has 0 aliphatic carbocycles. The van der Waals surface area contributed by atoms with Crippen molar-refractivity contribution >= 4 is 29.3 Å². The van der Waals surface area contributed by atoms with Crippen LogP contribution in [0.2, 0.25) is 0 Å². The zero-order valence-electron chi connectivity index (χ0n) is 11.9. The number of nitrogens with zero attached hydrogens (tertiary/aromatic N) is 2. The van der Waals surface area contributed by atoms with Crippen LogP contribution in [0.1, 0.15) is 23.7 Å². The Morgan fingerprint density at radius 1 is 1.32 bits per heavy atom. The molecule has 2 aromatic rings. The van der Waals surface area contributed by atoms with E-state index in [1.807, 2.05) is 12.1 Å². The molecule has 112 valence electrons. The summed E-state index contributed by atoms with van der Waals surface area (Å²) in [5.41, 5.74) is 1.05. The average molecular weight is 314 g/mol. The monoisotopic (exact) mass is 314 g/mol. The number of pyridine rings is 1. The van der Waals surface area contributed by atoms with Crippen molar-refractivity contribution in [1.29, 1.82) is 0 Å². The van der Waals surface area contributed by atoms with Gasteiger partial charge in [-0.25, -0.2) is 9.78 Å². The maximum atomic E-state index is 12.9. The SMILES string of the molecule is CCC(C(=O)O)N1C(=O)c2cccnc2Sc2ccccc21. The topological polar surface area (TPSA) is 70.5 Å². The van der Waals surface area contributed by atoms with Gasteiger partial charge in [0.15, 0.2) is 0 Å². The van der Waals surface area contributed by atoms with Gasteiger partial charge in [0.05, 0.1) is 11.3 Å². The van der Waals surface area contributed by atoms with Crippen molar-refractivity contribution in [3.63, 3.8) is 0 Å². The summed E-state index contributed by atoms with van der Waals surface area (Å²) in [6.45, 7) is 1.76. The fourth-order valence-corrected chi connectivity index (χ4v) is 3.50. The first-order valence-electron chi connectivity index (χ1n) is 6.91. The van der Waals surface area contributed by atoms with Gasteiger partial charge in [0.1, 0.15) is 11.1 Å². The van der Waals surface area contributed by atoms with Gasteiger partial charge >= 0.3 is 5.97 Å². The molecular formula is C16H14N2O3S. The lowest BCUT2D eigenvalue weighted by Crippen LogP contribution is -2.45. The minimum atomic E-state index is -1.01. The number of carbonyl (C=O) groups excluding carboxylic acids is 1. The van der Waals surface area contributed by atoms with Gasteiger partial charge in [-0.05, 0) is 30.7 Å². The fraction of sp³-hybridized carbons (Fsp3) is 0.188. The Balaban J connectivity index is 2.23. The molecule has 0 saturated heterocycles. The van der Waals surface area contributed by atoms with Gasteiger partial charge in [-0.3, -0.25) is 9.69 Å². The van der Waals surface area contributed by atoms with Crippen LogP contribution in [0.3, 0.4) is 0 Å². The molecule has 0 spiro atoms. The van der Waals surface area contributed by atoms with Crippen molar-refractivity contribution in [2.24, 2.45) is 0 Å². The molecule has 0 radical (unpaired) electrons. The van der Waals surface area contributed by atoms with E-state index in [0.29, 0.717) is 22.7 Å². The van der Waals surface area contributed by atoms with Gasteiger partial charge in [-0.15, -0.1) is 0 Å². The number of fused-ring (bicyclic) bond motifs is 2. The number of amides is 1. The summed E-state index contributed by atoms with van der Waals surface area (Å²) >= 11 is 1.38. The van der Waals surface area contributed by atoms with Crippen molar-refractivity contribution in [1.82, 2.24) is 4.98 Å². The van der Waals surface area contributed by atoms with Crippen LogP contribution in [0.25, 0.3) is 0 Å². The lowest BCUT2D eigenvalue weighted by molar-refractivity contribution is -0.138. The van der Waals surface area contributed by atoms with E-state index in [0.717, 1.165) is 4.90 Å². The number of aromatic nitrogens is 1. The third-order valence-corrected chi connectivity index (χ3v) is 4.62. The molecule has 1 aliphatic rings. The summed E-state index contributed by atoms with van der Waals surface area (Å²) in [5.74, 6) is -1.34. The summed E-state index contributed by atoms with van der Waals surface area (Å²) < 4.78 is 0. The summed E-state index contributed by atoms with van der Waals surface area (Å²) in [6.07, 6.45) is 1.96. The largest absolute Gasteiger partial charge is 0.480 e. The van der Waals surface area contributed by atoms with E-state index in [4.69, 9.17) is 0 Å². The number of anilines is 1. The van der Waals surface area contributed by atoms with Crippen molar-refractivity contribution in [3.05, 3.63) is 48.2 Å². The number of rotatable bonds is 3. The summed E-state index contributed by atoms with van der Waals surface area (Å²) in [7, 11) is 0. The Morgan fingerprint density at radius 3 is 2.82 bits per heavy atom. The Labute approximate surface area is 132 Å². The second-order valence-corrected chi connectivity index (χ2v) is 5.89. The minimum absolute atomic E-state index is 0.324. The maximum Gasteiger partial charge on any atom is 0.326 e. The van der Waals surface area contributed by atoms with Gasteiger partial charge < -0.3 is 5.11 Å². The van der Waals surface area contributed by atoms with E-state index in [9.17, 15) is 14.7 Å². The highest BCUT2D eigenvalue weighted by atomic mass is 32.2. The van der Waals surface area contributed by atoms with Crippen molar-refractivity contribution in [2.45, 2.75) is 29.3 Å². The molecule has 0 fully saturated rings. The highest BCUT2D eigenvalue weighted by Crippen LogP contribution is 2.41. The summed E-state index contributed by atoms with van der Waals surface area (Å²) in [4.78, 5) is 31.0. The van der Waals surface area contributed by atoms with Crippen LogP contribution in [-0.2, 0) is 4.79 Å². The van der Waals surface area contributed by atoms with Crippen LogP contribution >= 0.6 is 11.8 Å². The molecule has 3 rings (SSSR count). The van der Waals surface area contributed by atoms with Crippen LogP contribution in [0.15, 0.2) is 52.5 Å². The molecule has 1 atom stereocenters. The number of carboxylic acids is 1. The van der Waals surface area contributed by atoms with E-state index in [2.05, 4.69) is 4.98 Å². The number of hydrogen-bond donors (Lipinski definition) is 1. The van der Waals surface area contributed by atoms with Crippen LogP contribution in [-0.4, -0.2) is 28.0 Å². The van der Waals surface area contributed by atoms with Crippen molar-refractivity contribution in [3.8, 4) is 0 Å². The third kappa shape index (κ3) is 2.35.